The van der Waals surface area contributed by atoms with Gasteiger partial charge >= 0.3 is 0 Å². The van der Waals surface area contributed by atoms with Gasteiger partial charge in [0.15, 0.2) is 18.9 Å². The van der Waals surface area contributed by atoms with Crippen LogP contribution in [0.15, 0.2) is 48.6 Å². The van der Waals surface area contributed by atoms with Crippen molar-refractivity contribution in [1.82, 2.24) is 5.32 Å². The lowest BCUT2D eigenvalue weighted by atomic mass is 9.96. The van der Waals surface area contributed by atoms with Crippen molar-refractivity contribution in [3.8, 4) is 0 Å². The number of hydrogen-bond donors (Lipinski definition) is 12. The summed E-state index contributed by atoms with van der Waals surface area (Å²) in [7, 11) is 0. The van der Waals surface area contributed by atoms with Gasteiger partial charge in [0, 0.05) is 6.42 Å². The maximum Gasteiger partial charge on any atom is 0.220 e. The van der Waals surface area contributed by atoms with E-state index < -0.39 is 124 Å². The molecular formula is C95H177NO18. The number of rotatable bonds is 79. The Morgan fingerprint density at radius 1 is 0.316 bits per heavy atom. The van der Waals surface area contributed by atoms with E-state index in [4.69, 9.17) is 28.4 Å². The highest BCUT2D eigenvalue weighted by atomic mass is 16.8. The van der Waals surface area contributed by atoms with Gasteiger partial charge in [-0.3, -0.25) is 4.79 Å². The monoisotopic (exact) mass is 1620 g/mol. The molecule has 0 bridgehead atoms. The van der Waals surface area contributed by atoms with Gasteiger partial charge in [-0.15, -0.1) is 0 Å². The summed E-state index contributed by atoms with van der Waals surface area (Å²) in [6, 6.07) is -0.991. The van der Waals surface area contributed by atoms with E-state index in [0.29, 0.717) is 12.8 Å². The normalized spacial score (nSPS) is 24.9. The van der Waals surface area contributed by atoms with Crippen LogP contribution >= 0.6 is 0 Å². The maximum absolute atomic E-state index is 13.5. The molecule has 3 saturated heterocycles. The average molecular weight is 1620 g/mol. The lowest BCUT2D eigenvalue weighted by Crippen LogP contribution is -2.66. The fourth-order valence-electron chi connectivity index (χ4n) is 16.2. The molecule has 0 saturated carbocycles. The van der Waals surface area contributed by atoms with Crippen LogP contribution in [0.1, 0.15) is 418 Å². The van der Waals surface area contributed by atoms with E-state index in [1.54, 1.807) is 6.08 Å². The van der Waals surface area contributed by atoms with Crippen molar-refractivity contribution in [2.75, 3.05) is 26.4 Å². The summed E-state index contributed by atoms with van der Waals surface area (Å²) in [6.07, 6.45) is 71.5. The fraction of sp³-hybridized carbons (Fsp3) is 0.905. The second kappa shape index (κ2) is 74.6. The van der Waals surface area contributed by atoms with Gasteiger partial charge in [-0.1, -0.05) is 396 Å². The van der Waals surface area contributed by atoms with E-state index in [9.17, 15) is 61.0 Å². The molecule has 1 amide bonds. The first-order chi connectivity index (χ1) is 55.8. The summed E-state index contributed by atoms with van der Waals surface area (Å²) in [6.45, 7) is 1.78. The van der Waals surface area contributed by atoms with Crippen LogP contribution in [0, 0.1) is 0 Å². The first-order valence-electron chi connectivity index (χ1n) is 47.9. The Hall–Kier alpha value is -2.25. The molecule has 3 heterocycles. The minimum absolute atomic E-state index is 0.240. The molecule has 0 radical (unpaired) electrons. The third-order valence-corrected chi connectivity index (χ3v) is 23.8. The van der Waals surface area contributed by atoms with E-state index in [1.807, 2.05) is 6.08 Å². The van der Waals surface area contributed by atoms with Crippen molar-refractivity contribution in [3.05, 3.63) is 48.6 Å². The van der Waals surface area contributed by atoms with Gasteiger partial charge in [-0.25, -0.2) is 0 Å². The van der Waals surface area contributed by atoms with Crippen LogP contribution in [0.2, 0.25) is 0 Å². The Kier molecular flexibility index (Phi) is 69.3. The molecule has 0 aromatic heterocycles. The van der Waals surface area contributed by atoms with Crippen molar-refractivity contribution in [3.63, 3.8) is 0 Å². The third kappa shape index (κ3) is 52.2. The summed E-state index contributed by atoms with van der Waals surface area (Å²) >= 11 is 0. The molecule has 19 heteroatoms. The van der Waals surface area contributed by atoms with Gasteiger partial charge in [0.05, 0.1) is 38.6 Å². The zero-order valence-corrected chi connectivity index (χ0v) is 72.6. The van der Waals surface area contributed by atoms with Gasteiger partial charge in [0.1, 0.15) is 73.2 Å². The highest BCUT2D eigenvalue weighted by Crippen LogP contribution is 2.34. The standard InChI is InChI=1S/C95H177NO18/c1-3-5-7-9-11-13-15-17-19-21-23-25-27-29-31-33-34-35-36-37-38-39-40-41-42-43-44-45-47-49-51-53-55-57-59-61-63-65-67-69-71-73-83(101)96-78(79(100)72-70-68-66-64-62-60-58-56-54-52-50-48-46-32-30-28-26-24-22-20-18-16-14-12-10-8-6-4-2)77-109-93-89(107)86(104)91(81(75-98)111-93)114-95-90(108)87(105)92(82(76-99)112-95)113-94-88(106)85(103)84(102)80(74-97)110-94/h15,17,21,23,62,64,70,72,78-82,84-95,97-100,102-108H,3-14,16,18-20,22,24-61,63,65-69,71,73-77H2,1-2H3,(H,96,101)/b17-15-,23-21-,64-62+,72-70+. The Morgan fingerprint density at radius 3 is 0.930 bits per heavy atom. The van der Waals surface area contributed by atoms with Crippen LogP contribution in [0.3, 0.4) is 0 Å². The fourth-order valence-corrected chi connectivity index (χ4v) is 16.2. The lowest BCUT2D eigenvalue weighted by Gasteiger charge is -2.48. The number of carbonyl (C=O) groups is 1. The number of ether oxygens (including phenoxy) is 6. The van der Waals surface area contributed by atoms with Crippen molar-refractivity contribution in [1.29, 1.82) is 0 Å². The third-order valence-electron chi connectivity index (χ3n) is 23.8. The van der Waals surface area contributed by atoms with E-state index in [-0.39, 0.29) is 18.9 Å². The zero-order chi connectivity index (χ0) is 82.4. The largest absolute Gasteiger partial charge is 0.394 e. The Balaban J connectivity index is 1.29. The molecule has 3 rings (SSSR count). The molecule has 19 nitrogen and oxygen atoms in total. The predicted molar refractivity (Wildman–Crippen MR) is 462 cm³/mol. The molecule has 3 aliphatic rings. The number of nitrogens with one attached hydrogen (secondary N) is 1. The SMILES string of the molecule is CCCCCCC/C=C\C/C=C\CCCCCCCCCCCCCCCCCCCCCCCCCCCCCCCC(=O)NC(COC1OC(CO)C(OC2OC(CO)C(OC3OC(CO)C(O)C(O)C3O)C(O)C2O)C(O)C1O)C(O)/C=C/CC/C=C/CCCCCCCCCCCCCCCCCCCCCCCC. The van der Waals surface area contributed by atoms with Crippen LogP contribution in [0.4, 0.5) is 0 Å². The van der Waals surface area contributed by atoms with Crippen molar-refractivity contribution in [2.24, 2.45) is 0 Å². The van der Waals surface area contributed by atoms with Crippen molar-refractivity contribution >= 4 is 5.91 Å². The maximum atomic E-state index is 13.5. The molecule has 17 atom stereocenters. The number of aliphatic hydroxyl groups excluding tert-OH is 11. The van der Waals surface area contributed by atoms with Gasteiger partial charge in [-0.05, 0) is 64.2 Å². The van der Waals surface area contributed by atoms with E-state index in [2.05, 4.69) is 55.6 Å². The molecule has 3 fully saturated rings. The summed E-state index contributed by atoms with van der Waals surface area (Å²) in [4.78, 5) is 13.5. The Bertz CT molecular complexity index is 2240. The van der Waals surface area contributed by atoms with Crippen molar-refractivity contribution < 1.29 is 89.4 Å². The highest BCUT2D eigenvalue weighted by molar-refractivity contribution is 5.76. The number of carbonyl (C=O) groups excluding carboxylic acids is 1. The summed E-state index contributed by atoms with van der Waals surface area (Å²) in [5.41, 5.74) is 0. The Labute approximate surface area is 694 Å². The minimum Gasteiger partial charge on any atom is -0.394 e. The minimum atomic E-state index is -1.98. The van der Waals surface area contributed by atoms with E-state index >= 15 is 0 Å². The molecule has 670 valence electrons. The smallest absolute Gasteiger partial charge is 0.220 e. The molecule has 3 aliphatic heterocycles. The zero-order valence-electron chi connectivity index (χ0n) is 72.6. The van der Waals surface area contributed by atoms with Gasteiger partial charge in [0.25, 0.3) is 0 Å². The summed E-state index contributed by atoms with van der Waals surface area (Å²) in [5, 5.41) is 121. The molecule has 114 heavy (non-hydrogen) atoms. The number of amides is 1. The molecule has 0 spiro atoms. The molecule has 0 aliphatic carbocycles. The quantitative estimate of drug-likeness (QED) is 0.0199. The molecule has 0 aromatic carbocycles. The van der Waals surface area contributed by atoms with Crippen LogP contribution in [0.25, 0.3) is 0 Å². The summed E-state index contributed by atoms with van der Waals surface area (Å²) in [5.74, 6) is -0.276. The first kappa shape index (κ1) is 106. The summed E-state index contributed by atoms with van der Waals surface area (Å²) < 4.78 is 34.5. The number of unbranched alkanes of at least 4 members (excludes halogenated alkanes) is 57. The molecular weight excluding hydrogens is 1440 g/mol. The van der Waals surface area contributed by atoms with Gasteiger partial charge in [-0.2, -0.15) is 0 Å². The lowest BCUT2D eigenvalue weighted by molar-refractivity contribution is -0.379. The number of allylic oxidation sites excluding steroid dienone is 7. The Morgan fingerprint density at radius 2 is 0.588 bits per heavy atom. The van der Waals surface area contributed by atoms with Crippen LogP contribution < -0.4 is 5.32 Å². The second-order valence-electron chi connectivity index (χ2n) is 34.2. The van der Waals surface area contributed by atoms with Gasteiger partial charge < -0.3 is 89.9 Å². The van der Waals surface area contributed by atoms with E-state index in [0.717, 1.165) is 44.9 Å². The first-order valence-corrected chi connectivity index (χ1v) is 47.9. The highest BCUT2D eigenvalue weighted by Gasteiger charge is 2.54. The molecule has 12 N–H and O–H groups in total. The van der Waals surface area contributed by atoms with E-state index in [1.165, 1.54) is 340 Å². The van der Waals surface area contributed by atoms with Gasteiger partial charge in [0.2, 0.25) is 5.91 Å². The average Bonchev–Trinajstić information content (AvgIpc) is 0.782. The van der Waals surface area contributed by atoms with Crippen molar-refractivity contribution in [2.45, 2.75) is 523 Å². The topological polar surface area (TPSA) is 307 Å². The van der Waals surface area contributed by atoms with Crippen LogP contribution in [-0.2, 0) is 33.2 Å². The second-order valence-corrected chi connectivity index (χ2v) is 34.2. The predicted octanol–water partition coefficient (Wildman–Crippen LogP) is 19.1. The molecule has 0 aromatic rings. The van der Waals surface area contributed by atoms with Crippen LogP contribution in [0.5, 0.6) is 0 Å². The number of hydrogen-bond acceptors (Lipinski definition) is 18. The molecule has 17 unspecified atom stereocenters. The van der Waals surface area contributed by atoms with Crippen LogP contribution in [-0.4, -0.2) is 193 Å². The number of aliphatic hydroxyl groups is 11.